The molecule has 0 amide bonds. The van der Waals surface area contributed by atoms with Gasteiger partial charge in [-0.05, 0) is 7.05 Å². The van der Waals surface area contributed by atoms with Crippen molar-refractivity contribution < 1.29 is 9.47 Å². The van der Waals surface area contributed by atoms with E-state index in [1.54, 1.807) is 13.3 Å². The van der Waals surface area contributed by atoms with E-state index < -0.39 is 0 Å². The van der Waals surface area contributed by atoms with Crippen molar-refractivity contribution in [2.24, 2.45) is 0 Å². The Bertz CT molecular complexity index is 521. The van der Waals surface area contributed by atoms with Crippen molar-refractivity contribution in [1.29, 1.82) is 0 Å². The van der Waals surface area contributed by atoms with E-state index in [1.807, 2.05) is 11.9 Å². The number of rotatable bonds is 6. The van der Waals surface area contributed by atoms with Crippen LogP contribution in [0.15, 0.2) is 11.0 Å². The van der Waals surface area contributed by atoms with Crippen LogP contribution in [0, 0.1) is 0 Å². The maximum Gasteiger partial charge on any atom is 0.287 e. The fraction of sp³-hybridized carbons (Fsp3) is 0.692. The van der Waals surface area contributed by atoms with Crippen molar-refractivity contribution >= 4 is 17.3 Å². The molecular formula is C13H21ClN4O3. The second kappa shape index (κ2) is 7.74. The van der Waals surface area contributed by atoms with E-state index >= 15 is 0 Å². The molecule has 1 aromatic rings. The van der Waals surface area contributed by atoms with Crippen LogP contribution in [0.2, 0.25) is 5.02 Å². The van der Waals surface area contributed by atoms with Crippen LogP contribution in [0.1, 0.15) is 0 Å². The predicted octanol–water partition coefficient (Wildman–Crippen LogP) is -0.0323. The lowest BCUT2D eigenvalue weighted by atomic mass is 10.2. The molecule has 1 aliphatic heterocycles. The van der Waals surface area contributed by atoms with E-state index in [2.05, 4.69) is 10.4 Å². The molecule has 1 saturated heterocycles. The Morgan fingerprint density at radius 3 is 3.14 bits per heavy atom. The van der Waals surface area contributed by atoms with Gasteiger partial charge in [-0.1, -0.05) is 11.6 Å². The van der Waals surface area contributed by atoms with Crippen LogP contribution in [0.4, 0.5) is 5.69 Å². The van der Waals surface area contributed by atoms with Crippen molar-refractivity contribution in [3.8, 4) is 0 Å². The summed E-state index contributed by atoms with van der Waals surface area (Å²) in [4.78, 5) is 14.2. The van der Waals surface area contributed by atoms with Crippen LogP contribution >= 0.6 is 11.6 Å². The first-order valence-electron chi connectivity index (χ1n) is 6.93. The number of likely N-dealkylation sites (N-methyl/N-ethyl adjacent to an activating group) is 1. The fourth-order valence-corrected chi connectivity index (χ4v) is 2.57. The molecule has 1 fully saturated rings. The van der Waals surface area contributed by atoms with Crippen LogP contribution in [0.3, 0.4) is 0 Å². The predicted molar refractivity (Wildman–Crippen MR) is 81.3 cm³/mol. The van der Waals surface area contributed by atoms with Crippen molar-refractivity contribution in [2.45, 2.75) is 12.6 Å². The van der Waals surface area contributed by atoms with Crippen LogP contribution in [-0.2, 0) is 16.0 Å². The van der Waals surface area contributed by atoms with E-state index in [0.29, 0.717) is 38.5 Å². The lowest BCUT2D eigenvalue weighted by Crippen LogP contribution is -2.47. The molecule has 8 heteroatoms. The van der Waals surface area contributed by atoms with Crippen LogP contribution < -0.4 is 15.8 Å². The number of anilines is 1. The molecular weight excluding hydrogens is 296 g/mol. The van der Waals surface area contributed by atoms with Gasteiger partial charge in [0.15, 0.2) is 0 Å². The number of nitrogens with one attached hydrogen (secondary N) is 1. The highest BCUT2D eigenvalue weighted by atomic mass is 35.5. The summed E-state index contributed by atoms with van der Waals surface area (Å²) in [5.74, 6) is 0. The molecule has 7 nitrogen and oxygen atoms in total. The third kappa shape index (κ3) is 3.94. The van der Waals surface area contributed by atoms with Gasteiger partial charge in [0.2, 0.25) is 0 Å². The highest BCUT2D eigenvalue weighted by Gasteiger charge is 2.23. The number of halogens is 1. The number of hydrogen-bond acceptors (Lipinski definition) is 6. The van der Waals surface area contributed by atoms with Gasteiger partial charge in [0.1, 0.15) is 5.02 Å². The van der Waals surface area contributed by atoms with Gasteiger partial charge in [-0.15, -0.1) is 0 Å². The van der Waals surface area contributed by atoms with Gasteiger partial charge in [-0.3, -0.25) is 4.79 Å². The minimum absolute atomic E-state index is 0.0794. The molecule has 0 aliphatic carbocycles. The molecule has 118 valence electrons. The summed E-state index contributed by atoms with van der Waals surface area (Å²) in [6.45, 7) is 3.56. The van der Waals surface area contributed by atoms with Gasteiger partial charge in [-0.2, -0.15) is 5.10 Å². The number of ether oxygens (including phenoxy) is 2. The fourth-order valence-electron chi connectivity index (χ4n) is 2.30. The topological polar surface area (TPSA) is 68.6 Å². The molecule has 0 aromatic carbocycles. The molecule has 1 N–H and O–H groups in total. The molecule has 2 heterocycles. The normalized spacial score (nSPS) is 19.0. The maximum atomic E-state index is 12.2. The maximum absolute atomic E-state index is 12.2. The van der Waals surface area contributed by atoms with Crippen molar-refractivity contribution in [1.82, 2.24) is 15.1 Å². The highest BCUT2D eigenvalue weighted by molar-refractivity contribution is 6.33. The summed E-state index contributed by atoms with van der Waals surface area (Å²) in [7, 11) is 3.46. The van der Waals surface area contributed by atoms with Gasteiger partial charge in [0.05, 0.1) is 37.7 Å². The minimum Gasteiger partial charge on any atom is -0.383 e. The summed E-state index contributed by atoms with van der Waals surface area (Å²) in [6.07, 6.45) is 1.72. The first kappa shape index (κ1) is 16.2. The van der Waals surface area contributed by atoms with Crippen LogP contribution in [-0.4, -0.2) is 62.9 Å². The first-order chi connectivity index (χ1) is 10.2. The van der Waals surface area contributed by atoms with E-state index in [0.717, 1.165) is 6.54 Å². The second-order valence-electron chi connectivity index (χ2n) is 4.86. The Labute approximate surface area is 128 Å². The van der Waals surface area contributed by atoms with E-state index in [1.165, 1.54) is 4.68 Å². The summed E-state index contributed by atoms with van der Waals surface area (Å²) >= 11 is 6.22. The third-order valence-corrected chi connectivity index (χ3v) is 3.74. The van der Waals surface area contributed by atoms with Gasteiger partial charge in [0, 0.05) is 26.7 Å². The molecule has 0 radical (unpaired) electrons. The summed E-state index contributed by atoms with van der Waals surface area (Å²) in [6, 6.07) is 0. The molecule has 2 rings (SSSR count). The molecule has 1 atom stereocenters. The van der Waals surface area contributed by atoms with Gasteiger partial charge < -0.3 is 19.7 Å². The number of methoxy groups -OCH3 is 1. The zero-order valence-corrected chi connectivity index (χ0v) is 13.1. The van der Waals surface area contributed by atoms with Crippen LogP contribution in [0.25, 0.3) is 0 Å². The summed E-state index contributed by atoms with van der Waals surface area (Å²) in [5.41, 5.74) is 0.377. The Morgan fingerprint density at radius 2 is 2.43 bits per heavy atom. The minimum atomic E-state index is -0.289. The quantitative estimate of drug-likeness (QED) is 0.795. The van der Waals surface area contributed by atoms with Gasteiger partial charge in [-0.25, -0.2) is 4.68 Å². The molecule has 0 saturated carbocycles. The number of aromatic nitrogens is 2. The summed E-state index contributed by atoms with van der Waals surface area (Å²) in [5, 5.41) is 7.45. The molecule has 0 bridgehead atoms. The van der Waals surface area contributed by atoms with E-state index in [9.17, 15) is 4.79 Å². The van der Waals surface area contributed by atoms with Gasteiger partial charge >= 0.3 is 0 Å². The number of nitrogens with zero attached hydrogens (tertiary/aromatic N) is 3. The summed E-state index contributed by atoms with van der Waals surface area (Å²) < 4.78 is 11.9. The lowest BCUT2D eigenvalue weighted by molar-refractivity contribution is 0.0421. The van der Waals surface area contributed by atoms with E-state index in [-0.39, 0.29) is 16.7 Å². The number of morpholine rings is 1. The Hall–Kier alpha value is -1.15. The average Bonchev–Trinajstić information content (AvgIpc) is 2.49. The third-order valence-electron chi connectivity index (χ3n) is 3.38. The van der Waals surface area contributed by atoms with Gasteiger partial charge in [0.25, 0.3) is 5.56 Å². The highest BCUT2D eigenvalue weighted by Crippen LogP contribution is 2.23. The number of hydrogen-bond donors (Lipinski definition) is 1. The standard InChI is InChI=1S/C13H21ClN4O3/c1-15-7-10-9-17(3-6-21-10)11-8-16-18(4-5-20-2)13(19)12(11)14/h8,10,15H,3-7,9H2,1-2H3. The Balaban J connectivity index is 2.16. The molecule has 1 unspecified atom stereocenters. The Morgan fingerprint density at radius 1 is 1.62 bits per heavy atom. The average molecular weight is 317 g/mol. The lowest BCUT2D eigenvalue weighted by Gasteiger charge is -2.34. The van der Waals surface area contributed by atoms with Crippen LogP contribution in [0.5, 0.6) is 0 Å². The zero-order valence-electron chi connectivity index (χ0n) is 12.3. The van der Waals surface area contributed by atoms with Crippen molar-refractivity contribution in [3.63, 3.8) is 0 Å². The van der Waals surface area contributed by atoms with Crippen molar-refractivity contribution in [2.75, 3.05) is 51.9 Å². The molecule has 0 spiro atoms. The van der Waals surface area contributed by atoms with E-state index in [4.69, 9.17) is 21.1 Å². The molecule has 1 aromatic heterocycles. The second-order valence-corrected chi connectivity index (χ2v) is 5.24. The Kier molecular flexibility index (Phi) is 5.98. The monoisotopic (exact) mass is 316 g/mol. The molecule has 21 heavy (non-hydrogen) atoms. The molecule has 1 aliphatic rings. The van der Waals surface area contributed by atoms with Crippen molar-refractivity contribution in [3.05, 3.63) is 21.6 Å². The smallest absolute Gasteiger partial charge is 0.287 e. The first-order valence-corrected chi connectivity index (χ1v) is 7.31. The largest absolute Gasteiger partial charge is 0.383 e. The zero-order chi connectivity index (χ0) is 15.2. The SMILES string of the molecule is CNCC1CN(c2cnn(CCOC)c(=O)c2Cl)CCO1.